The molecule has 41 heavy (non-hydrogen) atoms. The Balaban J connectivity index is 1.16. The highest BCUT2D eigenvalue weighted by Crippen LogP contribution is 2.29. The second-order valence-corrected chi connectivity index (χ2v) is 10.5. The highest BCUT2D eigenvalue weighted by atomic mass is 35.5. The number of ether oxygens (including phenoxy) is 2. The van der Waals surface area contributed by atoms with Gasteiger partial charge in [0.1, 0.15) is 6.61 Å². The van der Waals surface area contributed by atoms with Crippen LogP contribution in [0.4, 0.5) is 10.8 Å². The van der Waals surface area contributed by atoms with Crippen molar-refractivity contribution in [3.63, 3.8) is 0 Å². The highest BCUT2D eigenvalue weighted by Gasteiger charge is 2.09. The lowest BCUT2D eigenvalue weighted by Gasteiger charge is -2.11. The Labute approximate surface area is 251 Å². The molecule has 0 unspecified atom stereocenters. The van der Waals surface area contributed by atoms with Crippen molar-refractivity contribution in [3.05, 3.63) is 123 Å². The maximum absolute atomic E-state index is 12.6. The molecule has 0 radical (unpaired) electrons. The summed E-state index contributed by atoms with van der Waals surface area (Å²) in [6.07, 6.45) is 1.54. The molecule has 0 aliphatic carbocycles. The number of hydrogen-bond donors (Lipinski definition) is 2. The summed E-state index contributed by atoms with van der Waals surface area (Å²) in [7, 11) is 1.57. The van der Waals surface area contributed by atoms with Crippen molar-refractivity contribution in [2.45, 2.75) is 6.61 Å². The molecular formula is C31H24Cl2N4O3S. The van der Waals surface area contributed by atoms with Crippen LogP contribution in [0.15, 0.2) is 101 Å². The quantitative estimate of drug-likeness (QED) is 0.124. The van der Waals surface area contributed by atoms with E-state index in [-0.39, 0.29) is 5.91 Å². The first kappa shape index (κ1) is 28.2. The number of halogens is 2. The molecule has 5 aromatic rings. The van der Waals surface area contributed by atoms with Gasteiger partial charge >= 0.3 is 0 Å². The number of nitrogens with one attached hydrogen (secondary N) is 2. The lowest BCUT2D eigenvalue weighted by atomic mass is 10.1. The maximum Gasteiger partial charge on any atom is 0.271 e. The molecule has 0 saturated carbocycles. The third-order valence-electron chi connectivity index (χ3n) is 5.89. The van der Waals surface area contributed by atoms with Gasteiger partial charge in [0.2, 0.25) is 0 Å². The number of thiazole rings is 1. The summed E-state index contributed by atoms with van der Waals surface area (Å²) in [4.78, 5) is 17.3. The van der Waals surface area contributed by atoms with E-state index < -0.39 is 0 Å². The molecular weight excluding hydrogens is 579 g/mol. The van der Waals surface area contributed by atoms with E-state index in [0.717, 1.165) is 33.2 Å². The van der Waals surface area contributed by atoms with E-state index in [1.165, 1.54) is 11.3 Å². The number of aromatic nitrogens is 1. The van der Waals surface area contributed by atoms with E-state index in [2.05, 4.69) is 20.8 Å². The molecule has 0 aliphatic heterocycles. The van der Waals surface area contributed by atoms with Crippen LogP contribution in [0.1, 0.15) is 21.5 Å². The van der Waals surface area contributed by atoms with Crippen LogP contribution in [-0.4, -0.2) is 24.2 Å². The Kier molecular flexibility index (Phi) is 9.15. The molecule has 1 amide bonds. The van der Waals surface area contributed by atoms with Crippen LogP contribution in [0.25, 0.3) is 11.3 Å². The first-order chi connectivity index (χ1) is 20.0. The molecule has 10 heteroatoms. The van der Waals surface area contributed by atoms with Crippen molar-refractivity contribution in [1.29, 1.82) is 0 Å². The summed E-state index contributed by atoms with van der Waals surface area (Å²) in [5.74, 6) is 0.804. The zero-order valence-electron chi connectivity index (χ0n) is 21.8. The van der Waals surface area contributed by atoms with Gasteiger partial charge in [-0.3, -0.25) is 4.79 Å². The van der Waals surface area contributed by atoms with Gasteiger partial charge in [0.15, 0.2) is 16.6 Å². The number of benzene rings is 4. The van der Waals surface area contributed by atoms with Gasteiger partial charge in [-0.05, 0) is 77.9 Å². The van der Waals surface area contributed by atoms with Gasteiger partial charge in [0, 0.05) is 32.2 Å². The van der Waals surface area contributed by atoms with Crippen molar-refractivity contribution in [2.24, 2.45) is 5.10 Å². The van der Waals surface area contributed by atoms with E-state index in [1.807, 2.05) is 72.1 Å². The lowest BCUT2D eigenvalue weighted by molar-refractivity contribution is 0.0955. The summed E-state index contributed by atoms with van der Waals surface area (Å²) in [6.45, 7) is 0.350. The highest BCUT2D eigenvalue weighted by molar-refractivity contribution is 7.14. The summed E-state index contributed by atoms with van der Waals surface area (Å²) in [5, 5.41) is 11.4. The summed E-state index contributed by atoms with van der Waals surface area (Å²) in [5.41, 5.74) is 7.33. The molecule has 206 valence electrons. The van der Waals surface area contributed by atoms with Gasteiger partial charge in [0.25, 0.3) is 5.91 Å². The number of hydrogen-bond acceptors (Lipinski definition) is 7. The minimum atomic E-state index is -0.329. The minimum Gasteiger partial charge on any atom is -0.493 e. The molecule has 5 rings (SSSR count). The lowest BCUT2D eigenvalue weighted by Crippen LogP contribution is -2.17. The normalized spacial score (nSPS) is 10.9. The Morgan fingerprint density at radius 3 is 2.51 bits per heavy atom. The summed E-state index contributed by atoms with van der Waals surface area (Å²) >= 11 is 13.5. The Morgan fingerprint density at radius 1 is 0.951 bits per heavy atom. The van der Waals surface area contributed by atoms with Crippen LogP contribution >= 0.6 is 34.5 Å². The molecule has 0 fully saturated rings. The van der Waals surface area contributed by atoms with Crippen molar-refractivity contribution in [1.82, 2.24) is 10.4 Å². The molecule has 7 nitrogen and oxygen atoms in total. The number of methoxy groups -OCH3 is 1. The zero-order chi connectivity index (χ0) is 28.6. The first-order valence-corrected chi connectivity index (χ1v) is 14.1. The van der Waals surface area contributed by atoms with Gasteiger partial charge < -0.3 is 14.8 Å². The second kappa shape index (κ2) is 13.3. The number of carbonyl (C=O) groups excluding carboxylic acids is 1. The predicted octanol–water partition coefficient (Wildman–Crippen LogP) is 8.21. The molecule has 0 atom stereocenters. The number of nitrogens with zero attached hydrogens (tertiary/aromatic N) is 2. The third kappa shape index (κ3) is 7.64. The van der Waals surface area contributed by atoms with E-state index in [4.69, 9.17) is 32.7 Å². The molecule has 0 spiro atoms. The zero-order valence-corrected chi connectivity index (χ0v) is 24.1. The van der Waals surface area contributed by atoms with Crippen LogP contribution in [0, 0.1) is 0 Å². The van der Waals surface area contributed by atoms with Crippen molar-refractivity contribution >= 4 is 57.5 Å². The van der Waals surface area contributed by atoms with Crippen molar-refractivity contribution < 1.29 is 14.3 Å². The largest absolute Gasteiger partial charge is 0.493 e. The Morgan fingerprint density at radius 2 is 1.76 bits per heavy atom. The number of amides is 1. The smallest absolute Gasteiger partial charge is 0.271 e. The Bertz CT molecular complexity index is 1670. The molecule has 0 aliphatic rings. The monoisotopic (exact) mass is 602 g/mol. The SMILES string of the molecule is COc1cc(/C=N\NC(=O)c2ccc(-c3csc(Nc4ccc(Cl)cc4)n3)cc2)ccc1OCc1cccc(Cl)c1. The number of rotatable bonds is 10. The second-order valence-electron chi connectivity index (χ2n) is 8.78. The molecule has 0 bridgehead atoms. The topological polar surface area (TPSA) is 84.8 Å². The number of anilines is 2. The fourth-order valence-corrected chi connectivity index (χ4v) is 4.89. The van der Waals surface area contributed by atoms with E-state index in [1.54, 1.807) is 37.6 Å². The molecule has 1 aromatic heterocycles. The van der Waals surface area contributed by atoms with Gasteiger partial charge in [-0.2, -0.15) is 5.10 Å². The summed E-state index contributed by atoms with van der Waals surface area (Å²) in [6, 6.07) is 27.5. The fraction of sp³-hybridized carbons (Fsp3) is 0.0645. The third-order valence-corrected chi connectivity index (χ3v) is 7.14. The van der Waals surface area contributed by atoms with Crippen LogP contribution in [0.2, 0.25) is 10.0 Å². The van der Waals surface area contributed by atoms with E-state index in [0.29, 0.717) is 33.7 Å². The van der Waals surface area contributed by atoms with Gasteiger partial charge in [0.05, 0.1) is 19.0 Å². The summed E-state index contributed by atoms with van der Waals surface area (Å²) < 4.78 is 11.4. The fourth-order valence-electron chi connectivity index (χ4n) is 3.81. The predicted molar refractivity (Wildman–Crippen MR) is 166 cm³/mol. The van der Waals surface area contributed by atoms with Gasteiger partial charge in [-0.1, -0.05) is 47.5 Å². The van der Waals surface area contributed by atoms with Gasteiger partial charge in [-0.15, -0.1) is 11.3 Å². The first-order valence-electron chi connectivity index (χ1n) is 12.4. The van der Waals surface area contributed by atoms with Crippen LogP contribution in [0.5, 0.6) is 11.5 Å². The molecule has 1 heterocycles. The van der Waals surface area contributed by atoms with Crippen LogP contribution in [0.3, 0.4) is 0 Å². The maximum atomic E-state index is 12.6. The minimum absolute atomic E-state index is 0.329. The number of hydrazone groups is 1. The van der Waals surface area contributed by atoms with E-state index >= 15 is 0 Å². The molecule has 0 saturated heterocycles. The Hall–Kier alpha value is -4.37. The van der Waals surface area contributed by atoms with E-state index in [9.17, 15) is 4.79 Å². The molecule has 4 aromatic carbocycles. The van der Waals surface area contributed by atoms with Crippen molar-refractivity contribution in [3.8, 4) is 22.8 Å². The van der Waals surface area contributed by atoms with Crippen LogP contribution in [-0.2, 0) is 6.61 Å². The average molecular weight is 604 g/mol. The van der Waals surface area contributed by atoms with Crippen LogP contribution < -0.4 is 20.2 Å². The number of carbonyl (C=O) groups is 1. The van der Waals surface area contributed by atoms with Gasteiger partial charge in [-0.25, -0.2) is 10.4 Å². The standard InChI is InChI=1S/C31H24Cl2N4O3S/c1-39-29-16-20(5-14-28(29)40-18-21-3-2-4-25(33)15-21)17-34-37-30(38)23-8-6-22(7-9-23)27-19-41-31(36-27)35-26-12-10-24(32)11-13-26/h2-17,19H,18H2,1H3,(H,35,36)(H,37,38)/b34-17-. The molecule has 2 N–H and O–H groups in total. The average Bonchev–Trinajstić information content (AvgIpc) is 3.46. The van der Waals surface area contributed by atoms with Crippen molar-refractivity contribution in [2.75, 3.05) is 12.4 Å².